The number of nitrogens with zero attached hydrogens (tertiary/aromatic N) is 4. The zero-order valence-electron chi connectivity index (χ0n) is 18.0. The highest BCUT2D eigenvalue weighted by atomic mass is 35.5. The highest BCUT2D eigenvalue weighted by Crippen LogP contribution is 2.39. The van der Waals surface area contributed by atoms with Crippen LogP contribution in [0.15, 0.2) is 24.4 Å². The predicted molar refractivity (Wildman–Crippen MR) is 127 cm³/mol. The number of benzene rings is 1. The van der Waals surface area contributed by atoms with Gasteiger partial charge in [-0.2, -0.15) is 0 Å². The second kappa shape index (κ2) is 9.01. The molecule has 1 aromatic carbocycles. The Morgan fingerprint density at radius 2 is 1.84 bits per heavy atom. The van der Waals surface area contributed by atoms with Gasteiger partial charge < -0.3 is 10.4 Å². The van der Waals surface area contributed by atoms with Crippen LogP contribution in [-0.4, -0.2) is 32.1 Å². The van der Waals surface area contributed by atoms with E-state index in [0.717, 1.165) is 21.8 Å². The number of halogens is 2. The lowest BCUT2D eigenvalue weighted by Gasteiger charge is -2.26. The summed E-state index contributed by atoms with van der Waals surface area (Å²) in [5.74, 6) is -0.0399. The van der Waals surface area contributed by atoms with E-state index in [0.29, 0.717) is 22.1 Å². The van der Waals surface area contributed by atoms with E-state index in [1.54, 1.807) is 19.1 Å². The zero-order valence-corrected chi connectivity index (χ0v) is 20.4. The Morgan fingerprint density at radius 3 is 2.44 bits per heavy atom. The molecule has 2 N–H and O–H groups in total. The van der Waals surface area contributed by atoms with Crippen LogP contribution in [0.5, 0.6) is 0 Å². The van der Waals surface area contributed by atoms with Gasteiger partial charge in [0.05, 0.1) is 16.9 Å². The molecule has 0 saturated carbocycles. The van der Waals surface area contributed by atoms with Gasteiger partial charge in [-0.05, 0) is 30.9 Å². The van der Waals surface area contributed by atoms with Gasteiger partial charge in [0.2, 0.25) is 5.13 Å². The first-order chi connectivity index (χ1) is 14.9. The number of carbonyl (C=O) groups excluding carboxylic acids is 1. The highest BCUT2D eigenvalue weighted by Gasteiger charge is 2.32. The largest absolute Gasteiger partial charge is 0.464 e. The van der Waals surface area contributed by atoms with Gasteiger partial charge in [0.1, 0.15) is 15.9 Å². The molecule has 8 nitrogen and oxygen atoms in total. The Bertz CT molecular complexity index is 1190. The molecule has 2 aromatic heterocycles. The standard InChI is InChI=1S/C21H21Cl2N5O3S/c1-10-7-6-8-12(22)15(10)27-18(29)13-9-24-19(32-13)28(20(30)31)17-14(21(3,4)5)16(23)25-11(2)26-17/h6-9H,1-5H3,(H,27,29)(H,30,31). The van der Waals surface area contributed by atoms with Crippen molar-refractivity contribution in [3.63, 3.8) is 0 Å². The summed E-state index contributed by atoms with van der Waals surface area (Å²) in [5, 5.41) is 13.4. The summed E-state index contributed by atoms with van der Waals surface area (Å²) < 4.78 is 0. The van der Waals surface area contributed by atoms with E-state index in [4.69, 9.17) is 23.2 Å². The van der Waals surface area contributed by atoms with E-state index in [2.05, 4.69) is 20.3 Å². The first-order valence-electron chi connectivity index (χ1n) is 9.50. The summed E-state index contributed by atoms with van der Waals surface area (Å²) >= 11 is 13.5. The second-order valence-electron chi connectivity index (χ2n) is 8.02. The molecule has 0 saturated heterocycles. The van der Waals surface area contributed by atoms with Crippen LogP contribution in [0.4, 0.5) is 21.4 Å². The number of hydrogen-bond donors (Lipinski definition) is 2. The van der Waals surface area contributed by atoms with Crippen LogP contribution in [0.2, 0.25) is 10.2 Å². The smallest absolute Gasteiger partial charge is 0.419 e. The minimum Gasteiger partial charge on any atom is -0.464 e. The van der Waals surface area contributed by atoms with Crippen LogP contribution in [0, 0.1) is 13.8 Å². The van der Waals surface area contributed by atoms with E-state index in [1.807, 2.05) is 33.8 Å². The molecule has 0 aliphatic carbocycles. The molecule has 168 valence electrons. The summed E-state index contributed by atoms with van der Waals surface area (Å²) in [5.41, 5.74) is 1.19. The zero-order chi connectivity index (χ0) is 23.8. The van der Waals surface area contributed by atoms with E-state index in [-0.39, 0.29) is 21.0 Å². The minimum atomic E-state index is -1.31. The third kappa shape index (κ3) is 4.85. The third-order valence-electron chi connectivity index (χ3n) is 4.48. The third-order valence-corrected chi connectivity index (χ3v) is 6.05. The fraction of sp³-hybridized carbons (Fsp3) is 0.286. The lowest BCUT2D eigenvalue weighted by atomic mass is 9.88. The molecule has 32 heavy (non-hydrogen) atoms. The van der Waals surface area contributed by atoms with Gasteiger partial charge in [-0.15, -0.1) is 0 Å². The van der Waals surface area contributed by atoms with Crippen molar-refractivity contribution in [1.82, 2.24) is 15.0 Å². The van der Waals surface area contributed by atoms with Crippen molar-refractivity contribution >= 4 is 63.2 Å². The first-order valence-corrected chi connectivity index (χ1v) is 11.1. The van der Waals surface area contributed by atoms with Gasteiger partial charge in [-0.25, -0.2) is 24.6 Å². The number of amides is 2. The molecule has 2 amide bonds. The van der Waals surface area contributed by atoms with Crippen LogP contribution in [0.25, 0.3) is 0 Å². The van der Waals surface area contributed by atoms with Crippen LogP contribution in [0.3, 0.4) is 0 Å². The monoisotopic (exact) mass is 493 g/mol. The van der Waals surface area contributed by atoms with Gasteiger partial charge >= 0.3 is 6.09 Å². The van der Waals surface area contributed by atoms with Gasteiger partial charge in [0.15, 0.2) is 5.82 Å². The van der Waals surface area contributed by atoms with Crippen molar-refractivity contribution in [3.8, 4) is 0 Å². The lowest BCUT2D eigenvalue weighted by Crippen LogP contribution is -2.29. The van der Waals surface area contributed by atoms with E-state index in [9.17, 15) is 14.7 Å². The van der Waals surface area contributed by atoms with Gasteiger partial charge in [0.25, 0.3) is 5.91 Å². The van der Waals surface area contributed by atoms with E-state index < -0.39 is 17.4 Å². The van der Waals surface area contributed by atoms with Gasteiger partial charge in [0, 0.05) is 5.56 Å². The molecule has 11 heteroatoms. The van der Waals surface area contributed by atoms with Crippen molar-refractivity contribution in [3.05, 3.63) is 56.4 Å². The number of para-hydroxylation sites is 1. The number of hydrogen-bond acceptors (Lipinski definition) is 6. The molecule has 3 rings (SSSR count). The van der Waals surface area contributed by atoms with Crippen molar-refractivity contribution in [2.24, 2.45) is 0 Å². The number of carbonyl (C=O) groups is 2. The molecule has 0 aliphatic heterocycles. The van der Waals surface area contributed by atoms with Crippen LogP contribution >= 0.6 is 34.5 Å². The number of nitrogens with one attached hydrogen (secondary N) is 1. The molecule has 0 aliphatic rings. The van der Waals surface area contributed by atoms with Crippen molar-refractivity contribution < 1.29 is 14.7 Å². The van der Waals surface area contributed by atoms with Crippen molar-refractivity contribution in [2.75, 3.05) is 10.2 Å². The quantitative estimate of drug-likeness (QED) is 0.417. The first kappa shape index (κ1) is 23.9. The Balaban J connectivity index is 2.03. The summed E-state index contributed by atoms with van der Waals surface area (Å²) in [6.45, 7) is 9.07. The van der Waals surface area contributed by atoms with E-state index >= 15 is 0 Å². The normalized spacial score (nSPS) is 11.3. The number of thiazole rings is 1. The highest BCUT2D eigenvalue weighted by molar-refractivity contribution is 7.17. The fourth-order valence-corrected chi connectivity index (χ4v) is 4.60. The number of anilines is 3. The molecule has 0 bridgehead atoms. The predicted octanol–water partition coefficient (Wildman–Crippen LogP) is 6.22. The Morgan fingerprint density at radius 1 is 1.16 bits per heavy atom. The number of aromatic nitrogens is 3. The second-order valence-corrected chi connectivity index (χ2v) is 9.80. The molecular weight excluding hydrogens is 473 g/mol. The van der Waals surface area contributed by atoms with Crippen LogP contribution in [-0.2, 0) is 5.41 Å². The topological polar surface area (TPSA) is 108 Å². The maximum absolute atomic E-state index is 12.8. The molecule has 0 spiro atoms. The summed E-state index contributed by atoms with van der Waals surface area (Å²) in [6, 6.07) is 5.27. The Hall–Kier alpha value is -2.75. The number of carboxylic acid groups (broad SMARTS) is 1. The van der Waals surface area contributed by atoms with Gasteiger partial charge in [-0.1, -0.05) is 67.4 Å². The number of rotatable bonds is 4. The van der Waals surface area contributed by atoms with Crippen molar-refractivity contribution in [1.29, 1.82) is 0 Å². The van der Waals surface area contributed by atoms with Crippen molar-refractivity contribution in [2.45, 2.75) is 40.0 Å². The summed E-state index contributed by atoms with van der Waals surface area (Å²) in [7, 11) is 0. The molecule has 0 fully saturated rings. The van der Waals surface area contributed by atoms with Crippen LogP contribution < -0.4 is 10.2 Å². The average molecular weight is 494 g/mol. The molecule has 3 aromatic rings. The molecule has 0 unspecified atom stereocenters. The lowest BCUT2D eigenvalue weighted by molar-refractivity contribution is 0.103. The maximum atomic E-state index is 12.8. The molecule has 0 radical (unpaired) electrons. The Labute approximate surface area is 199 Å². The van der Waals surface area contributed by atoms with Gasteiger partial charge in [-0.3, -0.25) is 4.79 Å². The molecule has 2 heterocycles. The summed E-state index contributed by atoms with van der Waals surface area (Å²) in [6.07, 6.45) is -0.00272. The average Bonchev–Trinajstić information content (AvgIpc) is 3.12. The maximum Gasteiger partial charge on any atom is 0.419 e. The SMILES string of the molecule is Cc1nc(Cl)c(C(C)(C)C)c(N(C(=O)O)c2ncc(C(=O)Nc3c(C)cccc3Cl)s2)n1. The number of aryl methyl sites for hydroxylation is 2. The molecular formula is C21H21Cl2N5O3S. The minimum absolute atomic E-state index is 0.0539. The fourth-order valence-electron chi connectivity index (χ4n) is 3.03. The summed E-state index contributed by atoms with van der Waals surface area (Å²) in [4.78, 5) is 38.8. The Kier molecular flexibility index (Phi) is 6.73. The molecule has 0 atom stereocenters. The van der Waals surface area contributed by atoms with E-state index in [1.165, 1.54) is 6.20 Å². The van der Waals surface area contributed by atoms with Crippen LogP contribution in [0.1, 0.15) is 47.4 Å².